The molecule has 0 aliphatic heterocycles. The topological polar surface area (TPSA) is 153 Å². The molecule has 0 spiro atoms. The number of amides is 1. The highest BCUT2D eigenvalue weighted by atomic mass is 16.4. The number of benzene rings is 1. The molecule has 1 fully saturated rings. The van der Waals surface area contributed by atoms with Crippen LogP contribution in [0.25, 0.3) is 0 Å². The summed E-state index contributed by atoms with van der Waals surface area (Å²) in [6.07, 6.45) is -1.12. The zero-order valence-corrected chi connectivity index (χ0v) is 19.3. The summed E-state index contributed by atoms with van der Waals surface area (Å²) in [5.74, 6) is -1.79. The third-order valence-corrected chi connectivity index (χ3v) is 6.26. The summed E-state index contributed by atoms with van der Waals surface area (Å²) in [6, 6.07) is 9.69. The van der Waals surface area contributed by atoms with Gasteiger partial charge in [-0.05, 0) is 17.4 Å². The molecule has 184 valence electrons. The standard InChI is InChI=1S/C24H31N3O7/c1-24(2,12-20(30)31)11-19(29)26(13-15-6-4-3-5-7-15)14-16-10-17(22(33)21(16)32)27-9-8-18(28)25-23(27)34/h3-9,16-17,21-22,32-33H,10-14H2,1-2H3,(H,30,31)(H,25,28,34)/t16-,17+,21+,22+/m0/s1. The molecular formula is C24H31N3O7. The molecule has 0 bridgehead atoms. The minimum Gasteiger partial charge on any atom is -0.481 e. The lowest BCUT2D eigenvalue weighted by Gasteiger charge is -2.31. The average Bonchev–Trinajstić information content (AvgIpc) is 3.01. The molecule has 0 saturated heterocycles. The van der Waals surface area contributed by atoms with Crippen molar-refractivity contribution in [2.24, 2.45) is 11.3 Å². The van der Waals surface area contributed by atoms with E-state index in [1.165, 1.54) is 16.8 Å². The van der Waals surface area contributed by atoms with Gasteiger partial charge in [0.15, 0.2) is 0 Å². The molecule has 0 radical (unpaired) electrons. The molecule has 1 aromatic carbocycles. The molecule has 1 aliphatic carbocycles. The second kappa shape index (κ2) is 10.4. The van der Waals surface area contributed by atoms with Crippen molar-refractivity contribution in [3.8, 4) is 0 Å². The molecule has 1 heterocycles. The molecule has 3 rings (SSSR count). The lowest BCUT2D eigenvalue weighted by Crippen LogP contribution is -2.41. The fourth-order valence-corrected chi connectivity index (χ4v) is 4.58. The van der Waals surface area contributed by atoms with E-state index in [2.05, 4.69) is 4.98 Å². The van der Waals surface area contributed by atoms with E-state index in [0.29, 0.717) is 0 Å². The Morgan fingerprint density at radius 2 is 1.76 bits per heavy atom. The summed E-state index contributed by atoms with van der Waals surface area (Å²) < 4.78 is 1.19. The number of rotatable bonds is 9. The van der Waals surface area contributed by atoms with Gasteiger partial charge in [-0.3, -0.25) is 23.9 Å². The molecule has 34 heavy (non-hydrogen) atoms. The van der Waals surface area contributed by atoms with Crippen LogP contribution in [0.3, 0.4) is 0 Å². The first-order chi connectivity index (χ1) is 16.0. The SMILES string of the molecule is CC(C)(CC(=O)O)CC(=O)N(Cc1ccccc1)C[C@@H]1C[C@@H](n2ccc(=O)[nH]c2=O)[C@@H](O)[C@@H]1O. The number of carbonyl (C=O) groups excluding carboxylic acids is 1. The van der Waals surface area contributed by atoms with E-state index in [9.17, 15) is 34.5 Å². The summed E-state index contributed by atoms with van der Waals surface area (Å²) in [7, 11) is 0. The van der Waals surface area contributed by atoms with Crippen molar-refractivity contribution in [2.75, 3.05) is 6.54 Å². The quantitative estimate of drug-likeness (QED) is 0.419. The second-order valence-electron chi connectivity index (χ2n) is 9.73. The Bertz CT molecular complexity index is 1130. The molecule has 1 amide bonds. The molecule has 1 aliphatic rings. The largest absolute Gasteiger partial charge is 0.481 e. The number of aliphatic hydroxyl groups excluding tert-OH is 2. The number of aromatic amines is 1. The summed E-state index contributed by atoms with van der Waals surface area (Å²) in [5, 5.41) is 30.5. The van der Waals surface area contributed by atoms with Gasteiger partial charge in [0, 0.05) is 37.7 Å². The maximum absolute atomic E-state index is 13.3. The third-order valence-electron chi connectivity index (χ3n) is 6.26. The number of hydrogen-bond acceptors (Lipinski definition) is 6. The first kappa shape index (κ1) is 25.4. The average molecular weight is 474 g/mol. The first-order valence-corrected chi connectivity index (χ1v) is 11.2. The molecule has 0 unspecified atom stereocenters. The van der Waals surface area contributed by atoms with Crippen LogP contribution in [0.15, 0.2) is 52.2 Å². The van der Waals surface area contributed by atoms with Gasteiger partial charge >= 0.3 is 11.7 Å². The van der Waals surface area contributed by atoms with Crippen LogP contribution in [0.4, 0.5) is 0 Å². The Morgan fingerprint density at radius 1 is 1.09 bits per heavy atom. The molecule has 1 saturated carbocycles. The maximum atomic E-state index is 13.3. The van der Waals surface area contributed by atoms with Gasteiger partial charge in [-0.1, -0.05) is 44.2 Å². The highest BCUT2D eigenvalue weighted by molar-refractivity contribution is 5.78. The fourth-order valence-electron chi connectivity index (χ4n) is 4.58. The van der Waals surface area contributed by atoms with Crippen LogP contribution in [0.2, 0.25) is 0 Å². The first-order valence-electron chi connectivity index (χ1n) is 11.2. The zero-order chi connectivity index (χ0) is 25.0. The van der Waals surface area contributed by atoms with E-state index in [4.69, 9.17) is 0 Å². The van der Waals surface area contributed by atoms with Crippen LogP contribution in [0.5, 0.6) is 0 Å². The molecule has 10 heteroatoms. The smallest absolute Gasteiger partial charge is 0.328 e. The van der Waals surface area contributed by atoms with Crippen LogP contribution >= 0.6 is 0 Å². The normalized spacial score (nSPS) is 22.5. The highest BCUT2D eigenvalue weighted by Gasteiger charge is 2.44. The number of aliphatic hydroxyl groups is 2. The van der Waals surface area contributed by atoms with Gasteiger partial charge in [-0.2, -0.15) is 0 Å². The number of carbonyl (C=O) groups is 2. The van der Waals surface area contributed by atoms with Gasteiger partial charge < -0.3 is 20.2 Å². The van der Waals surface area contributed by atoms with Crippen LogP contribution < -0.4 is 11.2 Å². The van der Waals surface area contributed by atoms with Gasteiger partial charge in [0.2, 0.25) is 5.91 Å². The molecule has 1 aromatic heterocycles. The van der Waals surface area contributed by atoms with Crippen molar-refractivity contribution >= 4 is 11.9 Å². The minimum atomic E-state index is -1.26. The van der Waals surface area contributed by atoms with E-state index in [1.54, 1.807) is 18.7 Å². The van der Waals surface area contributed by atoms with Gasteiger partial charge in [-0.15, -0.1) is 0 Å². The van der Waals surface area contributed by atoms with Crippen LogP contribution in [-0.2, 0) is 16.1 Å². The summed E-state index contributed by atoms with van der Waals surface area (Å²) in [6.45, 7) is 3.80. The van der Waals surface area contributed by atoms with E-state index in [0.717, 1.165) is 5.56 Å². The lowest BCUT2D eigenvalue weighted by atomic mass is 9.85. The Hall–Kier alpha value is -3.24. The van der Waals surface area contributed by atoms with Crippen molar-refractivity contribution in [3.05, 3.63) is 69.0 Å². The molecular weight excluding hydrogens is 442 g/mol. The van der Waals surface area contributed by atoms with E-state index >= 15 is 0 Å². The van der Waals surface area contributed by atoms with Crippen molar-refractivity contribution in [2.45, 2.75) is 57.9 Å². The number of aliphatic carboxylic acids is 1. The number of H-pyrrole nitrogens is 1. The van der Waals surface area contributed by atoms with Crippen LogP contribution in [0.1, 0.15) is 44.7 Å². The molecule has 10 nitrogen and oxygen atoms in total. The molecule has 4 atom stereocenters. The van der Waals surface area contributed by atoms with Crippen molar-refractivity contribution in [3.63, 3.8) is 0 Å². The number of carboxylic acid groups (broad SMARTS) is 1. The summed E-state index contributed by atoms with van der Waals surface area (Å²) in [5.41, 5.74) is -1.14. The maximum Gasteiger partial charge on any atom is 0.328 e. The molecule has 2 aromatic rings. The Balaban J connectivity index is 1.82. The van der Waals surface area contributed by atoms with Gasteiger partial charge in [0.25, 0.3) is 5.56 Å². The number of carboxylic acids is 1. The number of nitrogens with zero attached hydrogens (tertiary/aromatic N) is 2. The third kappa shape index (κ3) is 6.21. The van der Waals surface area contributed by atoms with Crippen LogP contribution in [0, 0.1) is 11.3 Å². The van der Waals surface area contributed by atoms with Gasteiger partial charge in [0.1, 0.15) is 6.10 Å². The predicted molar refractivity (Wildman–Crippen MR) is 123 cm³/mol. The summed E-state index contributed by atoms with van der Waals surface area (Å²) >= 11 is 0. The number of nitrogens with one attached hydrogen (secondary N) is 1. The lowest BCUT2D eigenvalue weighted by molar-refractivity contribution is -0.141. The Labute approximate surface area is 196 Å². The zero-order valence-electron chi connectivity index (χ0n) is 19.3. The van der Waals surface area contributed by atoms with E-state index in [-0.39, 0.29) is 38.3 Å². The highest BCUT2D eigenvalue weighted by Crippen LogP contribution is 2.36. The minimum absolute atomic E-state index is 0.000309. The van der Waals surface area contributed by atoms with Crippen molar-refractivity contribution in [1.29, 1.82) is 0 Å². The monoisotopic (exact) mass is 473 g/mol. The van der Waals surface area contributed by atoms with Crippen molar-refractivity contribution < 1.29 is 24.9 Å². The van der Waals surface area contributed by atoms with Crippen LogP contribution in [-0.4, -0.2) is 60.4 Å². The fraction of sp³-hybridized carbons (Fsp3) is 0.500. The predicted octanol–water partition coefficient (Wildman–Crippen LogP) is 0.739. The van der Waals surface area contributed by atoms with E-state index in [1.807, 2.05) is 30.3 Å². The Kier molecular flexibility index (Phi) is 7.73. The van der Waals surface area contributed by atoms with E-state index < -0.39 is 46.8 Å². The summed E-state index contributed by atoms with van der Waals surface area (Å²) in [4.78, 5) is 51.8. The number of aromatic nitrogens is 2. The van der Waals surface area contributed by atoms with Crippen molar-refractivity contribution in [1.82, 2.24) is 14.5 Å². The van der Waals surface area contributed by atoms with Gasteiger partial charge in [-0.25, -0.2) is 4.79 Å². The Morgan fingerprint density at radius 3 is 2.38 bits per heavy atom. The molecule has 4 N–H and O–H groups in total. The van der Waals surface area contributed by atoms with Gasteiger partial charge in [0.05, 0.1) is 18.6 Å². The second-order valence-corrected chi connectivity index (χ2v) is 9.73. The number of hydrogen-bond donors (Lipinski definition) is 4.